The van der Waals surface area contributed by atoms with E-state index in [2.05, 4.69) is 16.6 Å². The molecule has 2 aromatic rings. The van der Waals surface area contributed by atoms with E-state index in [1.165, 1.54) is 24.3 Å². The second-order valence-electron chi connectivity index (χ2n) is 7.10. The smallest absolute Gasteiger partial charge is 0.464 e. The minimum absolute atomic E-state index is 0.107. The molecule has 0 aliphatic rings. The third-order valence-electron chi connectivity index (χ3n) is 4.86. The zero-order chi connectivity index (χ0) is 23.9. The number of alkyl halides is 3. The number of rotatable bonds is 9. The fraction of sp³-hybridized carbons (Fsp3) is 0.292. The average Bonchev–Trinajstić information content (AvgIpc) is 2.75. The molecule has 2 rings (SSSR count). The largest absolute Gasteiger partial charge is 0.573 e. The average molecular weight is 449 g/mol. The van der Waals surface area contributed by atoms with Crippen molar-refractivity contribution in [2.45, 2.75) is 46.7 Å². The number of nitrogens with one attached hydrogen (secondary N) is 1. The molecule has 2 N–H and O–H groups in total. The zero-order valence-electron chi connectivity index (χ0n) is 18.2. The summed E-state index contributed by atoms with van der Waals surface area (Å²) in [6.07, 6.45) is -1.27. The minimum atomic E-state index is -4.78. The summed E-state index contributed by atoms with van der Waals surface area (Å²) in [5, 5.41) is 12.7. The number of allylic oxidation sites excluding steroid dienone is 1. The van der Waals surface area contributed by atoms with Gasteiger partial charge in [0.2, 0.25) is 5.91 Å². The van der Waals surface area contributed by atoms with E-state index >= 15 is 0 Å². The molecule has 0 aliphatic carbocycles. The Labute approximate surface area is 185 Å². The highest BCUT2D eigenvalue weighted by molar-refractivity contribution is 5.86. The molecule has 1 amide bonds. The van der Waals surface area contributed by atoms with Crippen LogP contribution in [0.4, 0.5) is 13.2 Å². The maximum absolute atomic E-state index is 12.5. The van der Waals surface area contributed by atoms with E-state index < -0.39 is 6.36 Å². The molecule has 0 bridgehead atoms. The molecule has 172 valence electrons. The lowest BCUT2D eigenvalue weighted by atomic mass is 9.93. The van der Waals surface area contributed by atoms with Crippen LogP contribution in [0.3, 0.4) is 0 Å². The van der Waals surface area contributed by atoms with Gasteiger partial charge in [0.25, 0.3) is 0 Å². The van der Waals surface area contributed by atoms with Crippen LogP contribution in [0.2, 0.25) is 0 Å². The highest BCUT2D eigenvalue weighted by atomic mass is 19.4. The van der Waals surface area contributed by atoms with Crippen LogP contribution in [0.1, 0.15) is 37.0 Å². The molecule has 0 spiro atoms. The monoisotopic (exact) mass is 449 g/mol. The summed E-state index contributed by atoms with van der Waals surface area (Å²) in [6, 6.07) is 7.23. The van der Waals surface area contributed by atoms with Gasteiger partial charge in [0, 0.05) is 12.1 Å². The number of carbonyl (C=O) groups is 1. The van der Waals surface area contributed by atoms with Gasteiger partial charge in [0.15, 0.2) is 0 Å². The molecule has 0 unspecified atom stereocenters. The fourth-order valence-corrected chi connectivity index (χ4v) is 2.99. The number of ether oxygens (including phenoxy) is 2. The Morgan fingerprint density at radius 1 is 1.25 bits per heavy atom. The van der Waals surface area contributed by atoms with Crippen molar-refractivity contribution in [3.63, 3.8) is 0 Å². The summed E-state index contributed by atoms with van der Waals surface area (Å²) in [7, 11) is 0. The van der Waals surface area contributed by atoms with Crippen molar-refractivity contribution >= 4 is 5.91 Å². The fourth-order valence-electron chi connectivity index (χ4n) is 2.99. The van der Waals surface area contributed by atoms with E-state index in [9.17, 15) is 23.1 Å². The predicted molar refractivity (Wildman–Crippen MR) is 116 cm³/mol. The van der Waals surface area contributed by atoms with Crippen LogP contribution in [-0.4, -0.2) is 17.4 Å². The van der Waals surface area contributed by atoms with Crippen molar-refractivity contribution in [3.05, 3.63) is 71.5 Å². The number of aliphatic hydroxyl groups is 1. The van der Waals surface area contributed by atoms with Gasteiger partial charge < -0.3 is 19.9 Å². The van der Waals surface area contributed by atoms with E-state index in [0.29, 0.717) is 33.6 Å². The number of amides is 1. The molecule has 0 fully saturated rings. The van der Waals surface area contributed by atoms with Crippen LogP contribution in [0.15, 0.2) is 54.8 Å². The summed E-state index contributed by atoms with van der Waals surface area (Å²) in [6.45, 7) is 8.88. The molecule has 0 aliphatic heterocycles. The third kappa shape index (κ3) is 6.62. The Kier molecular flexibility index (Phi) is 8.48. The van der Waals surface area contributed by atoms with Crippen LogP contribution in [0.5, 0.6) is 11.5 Å². The molecule has 32 heavy (non-hydrogen) atoms. The number of hydrogen-bond acceptors (Lipinski definition) is 4. The highest BCUT2D eigenvalue weighted by Crippen LogP contribution is 2.37. The second kappa shape index (κ2) is 10.9. The van der Waals surface area contributed by atoms with Gasteiger partial charge >= 0.3 is 6.36 Å². The number of carbonyl (C=O) groups excluding carboxylic acids is 1. The molecular formula is C24H26F3NO4. The highest BCUT2D eigenvalue weighted by Gasteiger charge is 2.31. The Morgan fingerprint density at radius 2 is 1.91 bits per heavy atom. The molecular weight excluding hydrogens is 423 g/mol. The summed E-state index contributed by atoms with van der Waals surface area (Å²) < 4.78 is 47.2. The summed E-state index contributed by atoms with van der Waals surface area (Å²) in [5.41, 5.74) is 4.09. The van der Waals surface area contributed by atoms with Gasteiger partial charge in [-0.15, -0.1) is 13.2 Å². The summed E-state index contributed by atoms with van der Waals surface area (Å²) in [4.78, 5) is 11.7. The van der Waals surface area contributed by atoms with E-state index in [4.69, 9.17) is 4.74 Å². The van der Waals surface area contributed by atoms with Gasteiger partial charge in [0.05, 0.1) is 12.9 Å². The number of benzene rings is 2. The number of halogens is 3. The van der Waals surface area contributed by atoms with Crippen LogP contribution in [-0.2, 0) is 17.9 Å². The SMILES string of the molecule is C=CC(=O)NCc1cc(-c2ccc(OC(F)(F)F)cc2)c(C)c(O/C=C(\C)CC)c1CO. The van der Waals surface area contributed by atoms with Crippen molar-refractivity contribution in [1.82, 2.24) is 5.32 Å². The van der Waals surface area contributed by atoms with Gasteiger partial charge in [-0.25, -0.2) is 0 Å². The van der Waals surface area contributed by atoms with Crippen molar-refractivity contribution in [2.75, 3.05) is 0 Å². The van der Waals surface area contributed by atoms with E-state index in [-0.39, 0.29) is 24.8 Å². The lowest BCUT2D eigenvalue weighted by Gasteiger charge is -2.20. The first kappa shape index (κ1) is 25.0. The molecule has 0 atom stereocenters. The van der Waals surface area contributed by atoms with Crippen LogP contribution >= 0.6 is 0 Å². The van der Waals surface area contributed by atoms with Crippen molar-refractivity contribution in [3.8, 4) is 22.6 Å². The van der Waals surface area contributed by atoms with Gasteiger partial charge in [-0.3, -0.25) is 4.79 Å². The Morgan fingerprint density at radius 3 is 2.44 bits per heavy atom. The van der Waals surface area contributed by atoms with Crippen molar-refractivity contribution < 1.29 is 32.5 Å². The van der Waals surface area contributed by atoms with Gasteiger partial charge in [-0.05, 0) is 72.4 Å². The summed E-state index contributed by atoms with van der Waals surface area (Å²) >= 11 is 0. The molecule has 5 nitrogen and oxygen atoms in total. The maximum Gasteiger partial charge on any atom is 0.573 e. The van der Waals surface area contributed by atoms with Crippen molar-refractivity contribution in [1.29, 1.82) is 0 Å². The number of aliphatic hydroxyl groups excluding tert-OH is 1. The molecule has 8 heteroatoms. The third-order valence-corrected chi connectivity index (χ3v) is 4.86. The van der Waals surface area contributed by atoms with Gasteiger partial charge in [-0.1, -0.05) is 25.6 Å². The molecule has 0 saturated heterocycles. The Balaban J connectivity index is 2.57. The van der Waals surface area contributed by atoms with Crippen LogP contribution < -0.4 is 14.8 Å². The lowest BCUT2D eigenvalue weighted by Crippen LogP contribution is -2.21. The first-order valence-corrected chi connectivity index (χ1v) is 9.94. The molecule has 0 saturated carbocycles. The topological polar surface area (TPSA) is 67.8 Å². The Hall–Kier alpha value is -3.26. The van der Waals surface area contributed by atoms with Crippen LogP contribution in [0, 0.1) is 6.92 Å². The zero-order valence-corrected chi connectivity index (χ0v) is 18.2. The molecule has 2 aromatic carbocycles. The molecule has 0 heterocycles. The van der Waals surface area contributed by atoms with Gasteiger partial charge in [0.1, 0.15) is 11.5 Å². The minimum Gasteiger partial charge on any atom is -0.464 e. The maximum atomic E-state index is 12.5. The first-order chi connectivity index (χ1) is 15.1. The summed E-state index contributed by atoms with van der Waals surface area (Å²) in [5.74, 6) is -0.285. The quantitative estimate of drug-likeness (QED) is 0.389. The first-order valence-electron chi connectivity index (χ1n) is 9.94. The predicted octanol–water partition coefficient (Wildman–Crippen LogP) is 5.55. The lowest BCUT2D eigenvalue weighted by molar-refractivity contribution is -0.274. The standard InChI is InChI=1S/C24H26F3NO4/c1-5-15(3)14-31-23-16(4)20(11-18(21(23)13-29)12-28-22(30)6-2)17-7-9-19(10-8-17)32-24(25,26)27/h6-11,14,29H,2,5,12-13H2,1,3-4H3,(H,28,30)/b15-14+. The normalized spacial score (nSPS) is 11.8. The van der Waals surface area contributed by atoms with Crippen molar-refractivity contribution in [2.24, 2.45) is 0 Å². The Bertz CT molecular complexity index is 996. The van der Waals surface area contributed by atoms with E-state index in [1.54, 1.807) is 19.3 Å². The van der Waals surface area contributed by atoms with Gasteiger partial charge in [-0.2, -0.15) is 0 Å². The van der Waals surface area contributed by atoms with E-state index in [1.807, 2.05) is 13.8 Å². The second-order valence-corrected chi connectivity index (χ2v) is 7.10. The van der Waals surface area contributed by atoms with Crippen LogP contribution in [0.25, 0.3) is 11.1 Å². The number of hydrogen-bond donors (Lipinski definition) is 2. The molecule has 0 radical (unpaired) electrons. The van der Waals surface area contributed by atoms with E-state index in [0.717, 1.165) is 18.1 Å². The molecule has 0 aromatic heterocycles.